The number of aromatic nitrogens is 6. The third-order valence-corrected chi connectivity index (χ3v) is 11.6. The molecule has 0 spiro atoms. The van der Waals surface area contributed by atoms with Gasteiger partial charge in [-0.1, -0.05) is 67.0 Å². The summed E-state index contributed by atoms with van der Waals surface area (Å²) in [5, 5.41) is 9.21. The van der Waals surface area contributed by atoms with Crippen LogP contribution in [0.4, 0.5) is 34.5 Å². The van der Waals surface area contributed by atoms with Crippen LogP contribution in [-0.2, 0) is 52.3 Å². The predicted molar refractivity (Wildman–Crippen MR) is 274 cm³/mol. The first-order valence-electron chi connectivity index (χ1n) is 21.9. The van der Waals surface area contributed by atoms with Crippen molar-refractivity contribution in [2.75, 3.05) is 20.4 Å². The molecule has 0 saturated carbocycles. The molecule has 0 aliphatic heterocycles. The molecule has 0 aliphatic rings. The fourth-order valence-electron chi connectivity index (χ4n) is 6.48. The van der Waals surface area contributed by atoms with Gasteiger partial charge < -0.3 is 22.9 Å². The van der Waals surface area contributed by atoms with E-state index in [1.165, 1.54) is 48.6 Å². The minimum Gasteiger partial charge on any atom is -0.343 e. The van der Waals surface area contributed by atoms with Gasteiger partial charge >= 0.3 is 17.1 Å². The van der Waals surface area contributed by atoms with E-state index in [0.717, 1.165) is 70.3 Å². The fraction of sp³-hybridized carbons (Fsp3) is 0.367. The van der Waals surface area contributed by atoms with Crippen LogP contribution in [0.5, 0.6) is 0 Å². The van der Waals surface area contributed by atoms with Gasteiger partial charge in [0, 0.05) is 87.6 Å². The third kappa shape index (κ3) is 17.0. The standard InChI is InChI=1S/C17H23N3O2.C16H20IN3O2.C16H20N3O2.Y/c1-4-5-6-9-20-16(21)11-15(19-17(20)22)18-14-8-7-12(2)13(3)10-14;1-11-5-6-13(9-12(11)2)18-14-10-15(21)20(16(22)19-14)8-4-3-7-17;1-4-5-8-19-15(20)10-14(18-16(19)21)17-13-7-6-11(2)12(3)9-13;/h7-8,10-11,18H,4-6,9H2,1-3H3,(H,19,22);5-6,9-10,18H,3-4,7-8H2,1-2H3,(H,19,22);6-7,9-10,17H,1,4-5,8H2,2-3H3,(H,18,21);/q;;-1;. The Labute approximate surface area is 424 Å². The van der Waals surface area contributed by atoms with E-state index in [2.05, 4.69) is 67.3 Å². The normalized spacial score (nSPS) is 10.5. The van der Waals surface area contributed by atoms with Crippen molar-refractivity contribution in [3.8, 4) is 0 Å². The van der Waals surface area contributed by atoms with E-state index < -0.39 is 5.69 Å². The summed E-state index contributed by atoms with van der Waals surface area (Å²) in [5.74, 6) is 1.24. The number of alkyl halides is 1. The van der Waals surface area contributed by atoms with Gasteiger partial charge in [-0.25, -0.2) is 14.4 Å². The largest absolute Gasteiger partial charge is 0.343 e. The maximum Gasteiger partial charge on any atom is 0.329 e. The number of H-pyrrole nitrogens is 3. The van der Waals surface area contributed by atoms with Crippen LogP contribution in [0.25, 0.3) is 0 Å². The molecular weight excluding hydrogens is 1030 g/mol. The van der Waals surface area contributed by atoms with E-state index in [1.54, 1.807) is 0 Å². The van der Waals surface area contributed by atoms with Gasteiger partial charge in [0.2, 0.25) is 0 Å². The van der Waals surface area contributed by atoms with Crippen LogP contribution in [0, 0.1) is 48.5 Å². The number of hydrogen-bond donors (Lipinski definition) is 6. The summed E-state index contributed by atoms with van der Waals surface area (Å²) in [6.07, 6.45) is 6.11. The Morgan fingerprint density at radius 2 is 0.788 bits per heavy atom. The Hall–Kier alpha value is -5.07. The van der Waals surface area contributed by atoms with Crippen molar-refractivity contribution in [2.24, 2.45) is 0 Å². The Balaban J connectivity index is 0.000000261. The van der Waals surface area contributed by atoms with Crippen LogP contribution in [0.1, 0.15) is 85.3 Å². The maximum atomic E-state index is 12.1. The van der Waals surface area contributed by atoms with Crippen LogP contribution in [0.3, 0.4) is 0 Å². The van der Waals surface area contributed by atoms with Gasteiger partial charge in [-0.2, -0.15) is 6.42 Å². The van der Waals surface area contributed by atoms with E-state index >= 15 is 0 Å². The predicted octanol–water partition coefficient (Wildman–Crippen LogP) is 8.71. The van der Waals surface area contributed by atoms with Crippen molar-refractivity contribution in [3.05, 3.63) is 176 Å². The zero-order valence-electron chi connectivity index (χ0n) is 39.2. The average Bonchev–Trinajstić information content (AvgIpc) is 3.24. The Morgan fingerprint density at radius 1 is 0.470 bits per heavy atom. The minimum atomic E-state index is -0.401. The van der Waals surface area contributed by atoms with Crippen molar-refractivity contribution < 1.29 is 32.7 Å². The number of halogens is 1. The number of aromatic amines is 3. The first-order chi connectivity index (χ1) is 31.0. The molecule has 15 nitrogen and oxygen atoms in total. The number of benzene rings is 3. The van der Waals surface area contributed by atoms with Crippen molar-refractivity contribution in [2.45, 2.75) is 113 Å². The molecule has 6 rings (SSSR count). The molecule has 0 atom stereocenters. The van der Waals surface area contributed by atoms with Crippen LogP contribution >= 0.6 is 22.6 Å². The van der Waals surface area contributed by atoms with Crippen molar-refractivity contribution in [3.63, 3.8) is 0 Å². The number of rotatable bonds is 17. The van der Waals surface area contributed by atoms with Crippen molar-refractivity contribution in [1.29, 1.82) is 0 Å². The first-order valence-corrected chi connectivity index (χ1v) is 23.5. The summed E-state index contributed by atoms with van der Waals surface area (Å²) < 4.78 is 4.71. The van der Waals surface area contributed by atoms with Crippen LogP contribution < -0.4 is 49.7 Å². The van der Waals surface area contributed by atoms with Crippen LogP contribution in [-0.4, -0.2) is 33.1 Å². The second-order valence-corrected chi connectivity index (χ2v) is 17.1. The van der Waals surface area contributed by atoms with Gasteiger partial charge in [-0.05, 0) is 135 Å². The number of nitrogens with zero attached hydrogens (tertiary/aromatic N) is 3. The van der Waals surface area contributed by atoms with Crippen molar-refractivity contribution in [1.82, 2.24) is 28.7 Å². The second-order valence-electron chi connectivity index (χ2n) is 16.0. The summed E-state index contributed by atoms with van der Waals surface area (Å²) in [7, 11) is 0. The summed E-state index contributed by atoms with van der Waals surface area (Å²) in [6, 6.07) is 22.0. The van der Waals surface area contributed by atoms with E-state index in [4.69, 9.17) is 0 Å². The van der Waals surface area contributed by atoms with Gasteiger partial charge in [0.25, 0.3) is 16.7 Å². The molecule has 0 aliphatic carbocycles. The Bertz CT molecular complexity index is 2670. The smallest absolute Gasteiger partial charge is 0.329 e. The second kappa shape index (κ2) is 27.5. The number of anilines is 6. The van der Waals surface area contributed by atoms with Crippen LogP contribution in [0.2, 0.25) is 0 Å². The molecule has 66 heavy (non-hydrogen) atoms. The number of hydrogen-bond acceptors (Lipinski definition) is 9. The minimum absolute atomic E-state index is 0. The quantitative estimate of drug-likeness (QED) is 0.0224. The zero-order chi connectivity index (χ0) is 47.6. The van der Waals surface area contributed by atoms with Crippen LogP contribution in [0.15, 0.2) is 102 Å². The molecule has 6 aromatic rings. The van der Waals surface area contributed by atoms with Gasteiger partial charge in [0.15, 0.2) is 0 Å². The number of nitrogens with one attached hydrogen (secondary N) is 6. The zero-order valence-corrected chi connectivity index (χ0v) is 44.2. The Morgan fingerprint density at radius 3 is 1.06 bits per heavy atom. The summed E-state index contributed by atoms with van der Waals surface area (Å²) in [6.45, 7) is 19.3. The molecule has 6 N–H and O–H groups in total. The molecule has 0 fully saturated rings. The molecule has 0 bridgehead atoms. The molecule has 1 radical (unpaired) electrons. The summed E-state index contributed by atoms with van der Waals surface area (Å²) >= 11 is 2.29. The molecule has 3 aromatic heterocycles. The monoisotopic (exact) mass is 1090 g/mol. The number of aryl methyl sites for hydroxylation is 6. The molecule has 0 saturated heterocycles. The van der Waals surface area contributed by atoms with E-state index in [-0.39, 0.29) is 60.8 Å². The van der Waals surface area contributed by atoms with Gasteiger partial charge in [-0.15, -0.1) is 0 Å². The molecule has 17 heteroatoms. The topological polar surface area (TPSA) is 201 Å². The third-order valence-electron chi connectivity index (χ3n) is 10.8. The molecule has 0 unspecified atom stereocenters. The average molecular weight is 1090 g/mol. The molecule has 3 aromatic carbocycles. The SMILES string of the molecule is CCCCCn1c(=O)cc(Nc2ccc(C)c(C)c2)[nH]c1=O.Cc1ccc(Nc2cc(=O)n(CCCCI)c(=O)[nH]2)cc1C.[CH2-]CCCn1c(=O)cc(Nc2ccc(C)c(C)c2)[nH]c1=O.[Y]. The first kappa shape index (κ1) is 55.3. The van der Waals surface area contributed by atoms with E-state index in [0.29, 0.717) is 49.9 Å². The molecular formula is C49H63IN9O6Y-. The van der Waals surface area contributed by atoms with Crippen molar-refractivity contribution >= 4 is 57.1 Å². The van der Waals surface area contributed by atoms with Gasteiger partial charge in [0.05, 0.1) is 0 Å². The summed E-state index contributed by atoms with van der Waals surface area (Å²) in [5.41, 5.74) is 7.59. The fourth-order valence-corrected chi connectivity index (χ4v) is 7.02. The van der Waals surface area contributed by atoms with Gasteiger partial charge in [0.1, 0.15) is 17.5 Å². The Kier molecular flexibility index (Phi) is 23.1. The van der Waals surface area contributed by atoms with E-state index in [9.17, 15) is 28.8 Å². The molecule has 3 heterocycles. The summed E-state index contributed by atoms with van der Waals surface area (Å²) in [4.78, 5) is 80.2. The maximum absolute atomic E-state index is 12.1. The van der Waals surface area contributed by atoms with Gasteiger partial charge in [-0.3, -0.25) is 43.0 Å². The number of unbranched alkanes of at least 4 members (excludes halogenated alkanes) is 4. The molecule has 0 amide bonds. The molecule has 351 valence electrons. The van der Waals surface area contributed by atoms with E-state index in [1.807, 2.05) is 96.1 Å².